The van der Waals surface area contributed by atoms with E-state index in [0.717, 1.165) is 25.7 Å². The van der Waals surface area contributed by atoms with Gasteiger partial charge in [0.15, 0.2) is 0 Å². The molecule has 3 N–H and O–H groups in total. The fraction of sp³-hybridized carbons (Fsp3) is 0.875. The molecule has 3 fully saturated rings. The van der Waals surface area contributed by atoms with Crippen molar-refractivity contribution in [3.63, 3.8) is 0 Å². The van der Waals surface area contributed by atoms with E-state index in [1.54, 1.807) is 0 Å². The fourth-order valence-electron chi connectivity index (χ4n) is 8.36. The number of hydrogen-bond acceptors (Lipinski definition) is 3. The van der Waals surface area contributed by atoms with Gasteiger partial charge < -0.3 is 15.3 Å². The first-order chi connectivity index (χ1) is 13.2. The predicted octanol–water partition coefficient (Wildman–Crippen LogP) is 5.17. The second-order valence-electron chi connectivity index (χ2n) is 11.0. The van der Waals surface area contributed by atoms with Gasteiger partial charge in [0.1, 0.15) is 0 Å². The van der Waals surface area contributed by atoms with Crippen molar-refractivity contribution in [3.8, 4) is 0 Å². The molecule has 0 saturated heterocycles. The molecule has 0 spiro atoms. The number of carbonyl (C=O) groups is 1. The third-order valence-corrected chi connectivity index (χ3v) is 9.89. The topological polar surface area (TPSA) is 77.8 Å². The smallest absolute Gasteiger partial charge is 0.303 e. The van der Waals surface area contributed by atoms with Crippen LogP contribution < -0.4 is 0 Å². The highest BCUT2D eigenvalue weighted by Crippen LogP contribution is 2.68. The van der Waals surface area contributed by atoms with Crippen molar-refractivity contribution in [2.75, 3.05) is 0 Å². The zero-order valence-corrected chi connectivity index (χ0v) is 17.7. The largest absolute Gasteiger partial charge is 0.513 e. The number of hydrogen-bond donors (Lipinski definition) is 3. The number of fused-ring (bicyclic) bond motifs is 5. The maximum absolute atomic E-state index is 11.2. The Bertz CT molecular complexity index is 657. The van der Waals surface area contributed by atoms with Crippen molar-refractivity contribution < 1.29 is 20.1 Å². The van der Waals surface area contributed by atoms with Gasteiger partial charge >= 0.3 is 5.97 Å². The van der Waals surface area contributed by atoms with E-state index >= 15 is 0 Å². The summed E-state index contributed by atoms with van der Waals surface area (Å²) in [5.74, 6) is 2.68. The first kappa shape index (κ1) is 20.3. The number of aliphatic hydroxyl groups is 2. The molecule has 3 saturated carbocycles. The van der Waals surface area contributed by atoms with Crippen LogP contribution >= 0.6 is 0 Å². The molecule has 4 aliphatic carbocycles. The molecule has 28 heavy (non-hydrogen) atoms. The molecule has 9 atom stereocenters. The number of carboxylic acid groups (broad SMARTS) is 1. The molecule has 0 bridgehead atoms. The molecule has 0 heterocycles. The Morgan fingerprint density at radius 1 is 1.21 bits per heavy atom. The SMILES string of the molecule is C[C@H](CCC(=O)O)[C@H]1CC[C@H]2[C@@H]3[C@H](O)C[C@@H]4CC(O)=CC[C@]4(C)[C@H]3CC[C@]12C. The summed E-state index contributed by atoms with van der Waals surface area (Å²) >= 11 is 0. The van der Waals surface area contributed by atoms with Gasteiger partial charge in [0.25, 0.3) is 0 Å². The van der Waals surface area contributed by atoms with E-state index in [1.165, 1.54) is 25.7 Å². The van der Waals surface area contributed by atoms with Gasteiger partial charge in [0, 0.05) is 12.8 Å². The van der Waals surface area contributed by atoms with E-state index in [2.05, 4.69) is 20.8 Å². The molecule has 0 unspecified atom stereocenters. The maximum atomic E-state index is 11.2. The van der Waals surface area contributed by atoms with Crippen LogP contribution in [-0.4, -0.2) is 27.4 Å². The van der Waals surface area contributed by atoms with E-state index in [0.29, 0.717) is 41.3 Å². The van der Waals surface area contributed by atoms with Gasteiger partial charge in [0.05, 0.1) is 11.9 Å². The average Bonchev–Trinajstić information content (AvgIpc) is 2.98. The number of carboxylic acids is 1. The van der Waals surface area contributed by atoms with Gasteiger partial charge in [0.2, 0.25) is 0 Å². The second kappa shape index (κ2) is 7.04. The quantitative estimate of drug-likeness (QED) is 0.619. The lowest BCUT2D eigenvalue weighted by Gasteiger charge is -2.61. The lowest BCUT2D eigenvalue weighted by Crippen LogP contribution is -2.57. The Hall–Kier alpha value is -1.03. The van der Waals surface area contributed by atoms with E-state index in [4.69, 9.17) is 5.11 Å². The Balaban J connectivity index is 1.57. The summed E-state index contributed by atoms with van der Waals surface area (Å²) in [6, 6.07) is 0. The lowest BCUT2D eigenvalue weighted by atomic mass is 9.44. The third kappa shape index (κ3) is 3.02. The van der Waals surface area contributed by atoms with Crippen LogP contribution in [0.4, 0.5) is 0 Å². The monoisotopic (exact) mass is 390 g/mol. The van der Waals surface area contributed by atoms with Crippen LogP contribution in [-0.2, 0) is 4.79 Å². The predicted molar refractivity (Wildman–Crippen MR) is 109 cm³/mol. The van der Waals surface area contributed by atoms with Crippen molar-refractivity contribution in [2.45, 2.75) is 84.7 Å². The maximum Gasteiger partial charge on any atom is 0.303 e. The zero-order valence-electron chi connectivity index (χ0n) is 17.7. The van der Waals surface area contributed by atoms with Crippen LogP contribution in [0, 0.1) is 46.3 Å². The van der Waals surface area contributed by atoms with Crippen molar-refractivity contribution in [2.24, 2.45) is 46.3 Å². The van der Waals surface area contributed by atoms with Crippen LogP contribution in [0.5, 0.6) is 0 Å². The molecule has 4 heteroatoms. The zero-order chi connectivity index (χ0) is 20.3. The summed E-state index contributed by atoms with van der Waals surface area (Å²) < 4.78 is 0. The molecule has 4 rings (SSSR count). The summed E-state index contributed by atoms with van der Waals surface area (Å²) in [4.78, 5) is 11.0. The Morgan fingerprint density at radius 3 is 2.64 bits per heavy atom. The molecule has 0 aliphatic heterocycles. The van der Waals surface area contributed by atoms with Crippen LogP contribution in [0.3, 0.4) is 0 Å². The molecular formula is C24H38O4. The van der Waals surface area contributed by atoms with Crippen LogP contribution in [0.15, 0.2) is 11.8 Å². The molecule has 0 radical (unpaired) electrons. The molecule has 0 aromatic heterocycles. The van der Waals surface area contributed by atoms with Gasteiger partial charge in [-0.25, -0.2) is 0 Å². The van der Waals surface area contributed by atoms with Gasteiger partial charge in [-0.2, -0.15) is 0 Å². The van der Waals surface area contributed by atoms with E-state index in [9.17, 15) is 15.0 Å². The molecule has 0 aromatic carbocycles. The summed E-state index contributed by atoms with van der Waals surface area (Å²) in [6.45, 7) is 7.10. The fourth-order valence-corrected chi connectivity index (χ4v) is 8.36. The Labute approximate surface area is 169 Å². The molecule has 158 valence electrons. The molecule has 0 aromatic rings. The number of aliphatic hydroxyl groups excluding tert-OH is 2. The van der Waals surface area contributed by atoms with Gasteiger partial charge in [-0.3, -0.25) is 4.79 Å². The minimum Gasteiger partial charge on any atom is -0.513 e. The molecule has 4 nitrogen and oxygen atoms in total. The summed E-state index contributed by atoms with van der Waals surface area (Å²) in [7, 11) is 0. The minimum atomic E-state index is -0.689. The highest BCUT2D eigenvalue weighted by molar-refractivity contribution is 5.66. The summed E-state index contributed by atoms with van der Waals surface area (Å²) in [5.41, 5.74) is 0.431. The van der Waals surface area contributed by atoms with E-state index in [1.807, 2.05) is 6.08 Å². The first-order valence-corrected chi connectivity index (χ1v) is 11.4. The highest BCUT2D eigenvalue weighted by atomic mass is 16.4. The third-order valence-electron chi connectivity index (χ3n) is 9.89. The normalized spacial score (nSPS) is 48.8. The minimum absolute atomic E-state index is 0.199. The number of aliphatic carboxylic acids is 1. The highest BCUT2D eigenvalue weighted by Gasteiger charge is 2.62. The van der Waals surface area contributed by atoms with Crippen molar-refractivity contribution in [1.29, 1.82) is 0 Å². The van der Waals surface area contributed by atoms with Crippen molar-refractivity contribution in [3.05, 3.63) is 11.8 Å². The van der Waals surface area contributed by atoms with Crippen LogP contribution in [0.2, 0.25) is 0 Å². The lowest BCUT2D eigenvalue weighted by molar-refractivity contribution is -0.157. The average molecular weight is 391 g/mol. The Kier molecular flexibility index (Phi) is 5.09. The van der Waals surface area contributed by atoms with Crippen molar-refractivity contribution in [1.82, 2.24) is 0 Å². The number of allylic oxidation sites excluding steroid dienone is 2. The molecule has 4 aliphatic rings. The summed E-state index contributed by atoms with van der Waals surface area (Å²) in [6.07, 6.45) is 10.0. The standard InChI is InChI=1S/C24H38O4/c1-14(4-7-21(27)28)17-5-6-18-22-19(9-11-24(17,18)3)23(2)10-8-16(25)12-15(23)13-20(22)26/h8,14-15,17-20,22,25-26H,4-7,9-13H2,1-3H3,(H,27,28)/t14-,15+,17-,18+,19+,20-,22+,23+,24-/m1/s1. The second-order valence-corrected chi connectivity index (χ2v) is 11.0. The van der Waals surface area contributed by atoms with Gasteiger partial charge in [-0.15, -0.1) is 0 Å². The van der Waals surface area contributed by atoms with E-state index < -0.39 is 5.97 Å². The molecular weight excluding hydrogens is 352 g/mol. The van der Waals surface area contributed by atoms with Gasteiger partial charge in [-0.1, -0.05) is 20.8 Å². The first-order valence-electron chi connectivity index (χ1n) is 11.4. The Morgan fingerprint density at radius 2 is 1.93 bits per heavy atom. The summed E-state index contributed by atoms with van der Waals surface area (Å²) in [5, 5.41) is 30.4. The number of rotatable bonds is 4. The molecule has 0 amide bonds. The van der Waals surface area contributed by atoms with Crippen molar-refractivity contribution >= 4 is 5.97 Å². The van der Waals surface area contributed by atoms with Crippen LogP contribution in [0.25, 0.3) is 0 Å². The van der Waals surface area contributed by atoms with E-state index in [-0.39, 0.29) is 23.4 Å². The van der Waals surface area contributed by atoms with Crippen LogP contribution in [0.1, 0.15) is 78.6 Å². The van der Waals surface area contributed by atoms with Gasteiger partial charge in [-0.05, 0) is 97.4 Å².